The smallest absolute Gasteiger partial charge is 0.225 e. The Morgan fingerprint density at radius 2 is 1.95 bits per heavy atom. The second-order valence-corrected chi connectivity index (χ2v) is 5.52. The van der Waals surface area contributed by atoms with E-state index in [0.29, 0.717) is 22.0 Å². The molecule has 0 radical (unpaired) electrons. The van der Waals surface area contributed by atoms with Crippen molar-refractivity contribution >= 4 is 29.0 Å². The predicted octanol–water partition coefficient (Wildman–Crippen LogP) is 3.67. The third kappa shape index (κ3) is 4.75. The molecule has 0 unspecified atom stereocenters. The maximum absolute atomic E-state index is 13.0. The number of carbonyl (C=O) groups is 1. The van der Waals surface area contributed by atoms with Crippen molar-refractivity contribution in [1.82, 2.24) is 0 Å². The number of amides is 1. The van der Waals surface area contributed by atoms with E-state index in [2.05, 4.69) is 5.32 Å². The molecule has 0 aromatic heterocycles. The molecule has 2 aromatic carbocycles. The summed E-state index contributed by atoms with van der Waals surface area (Å²) in [5.41, 5.74) is 6.83. The summed E-state index contributed by atoms with van der Waals surface area (Å²) in [4.78, 5) is 12.3. The van der Waals surface area contributed by atoms with Gasteiger partial charge in [0.1, 0.15) is 0 Å². The summed E-state index contributed by atoms with van der Waals surface area (Å²) in [5, 5.41) is 2.72. The number of nitrogen functional groups attached to an aromatic ring is 1. The summed E-state index contributed by atoms with van der Waals surface area (Å²) in [7, 11) is 0. The van der Waals surface area contributed by atoms with Gasteiger partial charge >= 0.3 is 0 Å². The molecule has 0 spiro atoms. The van der Waals surface area contributed by atoms with Crippen molar-refractivity contribution in [2.24, 2.45) is 0 Å². The van der Waals surface area contributed by atoms with Gasteiger partial charge in [-0.3, -0.25) is 4.79 Å². The highest BCUT2D eigenvalue weighted by molar-refractivity contribution is 7.99. The normalized spacial score (nSPS) is 10.4. The van der Waals surface area contributed by atoms with Crippen LogP contribution in [0.25, 0.3) is 0 Å². The van der Waals surface area contributed by atoms with Crippen molar-refractivity contribution in [1.29, 1.82) is 0 Å². The number of rotatable bonds is 5. The monoisotopic (exact) mass is 308 g/mol. The van der Waals surface area contributed by atoms with E-state index < -0.39 is 11.6 Å². The summed E-state index contributed by atoms with van der Waals surface area (Å²) in [5.74, 6) is -1.45. The van der Waals surface area contributed by atoms with Gasteiger partial charge < -0.3 is 11.1 Å². The van der Waals surface area contributed by atoms with Crippen LogP contribution in [-0.4, -0.2) is 11.7 Å². The molecule has 6 heteroatoms. The zero-order valence-electron chi connectivity index (χ0n) is 11.1. The third-order valence-electron chi connectivity index (χ3n) is 2.66. The first kappa shape index (κ1) is 15.3. The second kappa shape index (κ2) is 7.08. The summed E-state index contributed by atoms with van der Waals surface area (Å²) in [6.45, 7) is 0. The van der Waals surface area contributed by atoms with E-state index in [1.165, 1.54) is 17.8 Å². The molecule has 3 N–H and O–H groups in total. The Balaban J connectivity index is 1.80. The minimum absolute atomic E-state index is 0.157. The van der Waals surface area contributed by atoms with Gasteiger partial charge in [0.2, 0.25) is 5.91 Å². The van der Waals surface area contributed by atoms with E-state index >= 15 is 0 Å². The van der Waals surface area contributed by atoms with Gasteiger partial charge in [-0.05, 0) is 36.4 Å². The van der Waals surface area contributed by atoms with Crippen LogP contribution in [0.3, 0.4) is 0 Å². The van der Waals surface area contributed by atoms with Crippen LogP contribution in [0.2, 0.25) is 0 Å². The molecule has 110 valence electrons. The van der Waals surface area contributed by atoms with Crippen molar-refractivity contribution in [3.63, 3.8) is 0 Å². The van der Waals surface area contributed by atoms with Gasteiger partial charge in [-0.15, -0.1) is 11.8 Å². The lowest BCUT2D eigenvalue weighted by Gasteiger charge is -2.06. The standard InChI is InChI=1S/C15H14F2N2OS/c16-13-5-4-12(9-14(13)17)21-7-6-15(20)19-11-3-1-2-10(18)8-11/h1-5,8-9H,6-7,18H2,(H,19,20). The molecule has 0 saturated heterocycles. The Morgan fingerprint density at radius 1 is 1.14 bits per heavy atom. The summed E-state index contributed by atoms with van der Waals surface area (Å²) >= 11 is 1.29. The van der Waals surface area contributed by atoms with Gasteiger partial charge in [0.05, 0.1) is 0 Å². The molecular formula is C15H14F2N2OS. The molecule has 21 heavy (non-hydrogen) atoms. The number of thioether (sulfide) groups is 1. The third-order valence-corrected chi connectivity index (χ3v) is 3.65. The minimum atomic E-state index is -0.885. The highest BCUT2D eigenvalue weighted by Crippen LogP contribution is 2.21. The lowest BCUT2D eigenvalue weighted by atomic mass is 10.3. The van der Waals surface area contributed by atoms with Crippen LogP contribution in [0.1, 0.15) is 6.42 Å². The maximum atomic E-state index is 13.0. The quantitative estimate of drug-likeness (QED) is 0.654. The van der Waals surface area contributed by atoms with E-state index in [-0.39, 0.29) is 12.3 Å². The largest absolute Gasteiger partial charge is 0.399 e. The van der Waals surface area contributed by atoms with Crippen LogP contribution in [0.4, 0.5) is 20.2 Å². The molecule has 3 nitrogen and oxygen atoms in total. The zero-order chi connectivity index (χ0) is 15.2. The molecule has 2 aromatic rings. The highest BCUT2D eigenvalue weighted by Gasteiger charge is 2.06. The van der Waals surface area contributed by atoms with E-state index in [0.717, 1.165) is 12.1 Å². The van der Waals surface area contributed by atoms with Crippen LogP contribution in [0.15, 0.2) is 47.4 Å². The first-order valence-electron chi connectivity index (χ1n) is 6.28. The van der Waals surface area contributed by atoms with Crippen LogP contribution >= 0.6 is 11.8 Å². The summed E-state index contributed by atoms with van der Waals surface area (Å²) in [6, 6.07) is 10.6. The first-order chi connectivity index (χ1) is 10.0. The number of halogens is 2. The SMILES string of the molecule is Nc1cccc(NC(=O)CCSc2ccc(F)c(F)c2)c1. The number of benzene rings is 2. The zero-order valence-corrected chi connectivity index (χ0v) is 11.9. The molecule has 1 amide bonds. The Hall–Kier alpha value is -2.08. The second-order valence-electron chi connectivity index (χ2n) is 4.35. The molecule has 0 aliphatic carbocycles. The van der Waals surface area contributed by atoms with Gasteiger partial charge in [0, 0.05) is 28.4 Å². The van der Waals surface area contributed by atoms with Crippen LogP contribution in [0, 0.1) is 11.6 Å². The summed E-state index contributed by atoms with van der Waals surface area (Å²) in [6.07, 6.45) is 0.262. The first-order valence-corrected chi connectivity index (χ1v) is 7.26. The van der Waals surface area contributed by atoms with E-state index in [1.807, 2.05) is 0 Å². The fourth-order valence-electron chi connectivity index (χ4n) is 1.67. The highest BCUT2D eigenvalue weighted by atomic mass is 32.2. The molecule has 0 bridgehead atoms. The number of hydrogen-bond donors (Lipinski definition) is 2. The molecular weight excluding hydrogens is 294 g/mol. The van der Waals surface area contributed by atoms with Gasteiger partial charge in [0.15, 0.2) is 11.6 Å². The van der Waals surface area contributed by atoms with Crippen LogP contribution in [0.5, 0.6) is 0 Å². The lowest BCUT2D eigenvalue weighted by Crippen LogP contribution is -2.12. The average molecular weight is 308 g/mol. The number of carbonyl (C=O) groups excluding carboxylic acids is 1. The fourth-order valence-corrected chi connectivity index (χ4v) is 2.54. The molecule has 0 atom stereocenters. The van der Waals surface area contributed by atoms with Crippen molar-refractivity contribution < 1.29 is 13.6 Å². The van der Waals surface area contributed by atoms with Gasteiger partial charge in [-0.25, -0.2) is 8.78 Å². The van der Waals surface area contributed by atoms with Gasteiger partial charge in [-0.2, -0.15) is 0 Å². The molecule has 0 aliphatic heterocycles. The van der Waals surface area contributed by atoms with Crippen molar-refractivity contribution in [2.45, 2.75) is 11.3 Å². The van der Waals surface area contributed by atoms with Crippen molar-refractivity contribution in [2.75, 3.05) is 16.8 Å². The Bertz CT molecular complexity index is 649. The predicted molar refractivity (Wildman–Crippen MR) is 81.2 cm³/mol. The fraction of sp³-hybridized carbons (Fsp3) is 0.133. The van der Waals surface area contributed by atoms with Gasteiger partial charge in [0.25, 0.3) is 0 Å². The Kier molecular flexibility index (Phi) is 5.16. The Morgan fingerprint density at radius 3 is 2.67 bits per heavy atom. The van der Waals surface area contributed by atoms with Crippen molar-refractivity contribution in [3.8, 4) is 0 Å². The van der Waals surface area contributed by atoms with E-state index in [9.17, 15) is 13.6 Å². The minimum Gasteiger partial charge on any atom is -0.399 e. The number of nitrogens with two attached hydrogens (primary N) is 1. The van der Waals surface area contributed by atoms with E-state index in [4.69, 9.17) is 5.73 Å². The lowest BCUT2D eigenvalue weighted by molar-refractivity contribution is -0.115. The maximum Gasteiger partial charge on any atom is 0.225 e. The van der Waals surface area contributed by atoms with Gasteiger partial charge in [-0.1, -0.05) is 6.07 Å². The molecule has 0 aliphatic rings. The van der Waals surface area contributed by atoms with E-state index in [1.54, 1.807) is 24.3 Å². The van der Waals surface area contributed by atoms with Crippen molar-refractivity contribution in [3.05, 3.63) is 54.1 Å². The number of hydrogen-bond acceptors (Lipinski definition) is 3. The molecule has 2 rings (SSSR count). The molecule has 0 saturated carbocycles. The number of anilines is 2. The summed E-state index contributed by atoms with van der Waals surface area (Å²) < 4.78 is 25.8. The van der Waals surface area contributed by atoms with Crippen LogP contribution in [-0.2, 0) is 4.79 Å². The molecule has 0 fully saturated rings. The average Bonchev–Trinajstić information content (AvgIpc) is 2.43. The van der Waals surface area contributed by atoms with Crippen LogP contribution < -0.4 is 11.1 Å². The topological polar surface area (TPSA) is 55.1 Å². The molecule has 0 heterocycles. The number of nitrogens with one attached hydrogen (secondary N) is 1. The Labute approximate surface area is 125 Å².